The van der Waals surface area contributed by atoms with Gasteiger partial charge in [0.2, 0.25) is 0 Å². The molecule has 0 heterocycles. The Hall–Kier alpha value is -1.42. The molecule has 0 spiro atoms. The van der Waals surface area contributed by atoms with E-state index >= 15 is 0 Å². The van der Waals surface area contributed by atoms with Crippen molar-refractivity contribution in [3.63, 3.8) is 0 Å². The van der Waals surface area contributed by atoms with E-state index in [-0.39, 0.29) is 17.8 Å². The van der Waals surface area contributed by atoms with Crippen LogP contribution in [-0.2, 0) is 11.3 Å². The van der Waals surface area contributed by atoms with Gasteiger partial charge in [-0.2, -0.15) is 0 Å². The van der Waals surface area contributed by atoms with Crippen molar-refractivity contribution in [3.8, 4) is 0 Å². The van der Waals surface area contributed by atoms with Gasteiger partial charge < -0.3 is 10.5 Å². The van der Waals surface area contributed by atoms with Gasteiger partial charge in [0.15, 0.2) is 0 Å². The number of nitrogen functional groups attached to an aromatic ring is 1. The zero-order valence-electron chi connectivity index (χ0n) is 11.3. The molecule has 0 atom stereocenters. The Bertz CT molecular complexity index is 453. The minimum atomic E-state index is -0.375. The molecule has 1 saturated carbocycles. The van der Waals surface area contributed by atoms with Crippen LogP contribution in [0.1, 0.15) is 43.7 Å². The predicted molar refractivity (Wildman–Crippen MR) is 73.6 cm³/mol. The molecule has 4 heteroatoms. The Morgan fingerprint density at radius 3 is 2.68 bits per heavy atom. The lowest BCUT2D eigenvalue weighted by Crippen LogP contribution is -2.21. The number of hydrogen-bond acceptors (Lipinski definition) is 2. The van der Waals surface area contributed by atoms with E-state index < -0.39 is 0 Å². The first-order valence-electron chi connectivity index (χ1n) is 6.80. The largest absolute Gasteiger partial charge is 0.384 e. The zero-order chi connectivity index (χ0) is 13.8. The van der Waals surface area contributed by atoms with Crippen molar-refractivity contribution >= 4 is 5.84 Å². The van der Waals surface area contributed by atoms with Crippen LogP contribution in [0, 0.1) is 17.1 Å². The van der Waals surface area contributed by atoms with E-state index in [1.807, 2.05) is 0 Å². The minimum absolute atomic E-state index is 0.115. The fraction of sp³-hybridized carbons (Fsp3) is 0.533. The second-order valence-corrected chi connectivity index (χ2v) is 5.41. The topological polar surface area (TPSA) is 59.1 Å². The molecule has 1 aromatic carbocycles. The first kappa shape index (κ1) is 14.0. The monoisotopic (exact) mass is 264 g/mol. The summed E-state index contributed by atoms with van der Waals surface area (Å²) in [7, 11) is 0. The van der Waals surface area contributed by atoms with E-state index in [2.05, 4.69) is 6.92 Å². The fourth-order valence-corrected chi connectivity index (χ4v) is 2.53. The van der Waals surface area contributed by atoms with Gasteiger partial charge in [-0.05, 0) is 49.3 Å². The molecule has 0 aliphatic heterocycles. The average molecular weight is 264 g/mol. The highest BCUT2D eigenvalue weighted by molar-refractivity contribution is 5.96. The van der Waals surface area contributed by atoms with Gasteiger partial charge in [-0.1, -0.05) is 13.0 Å². The third-order valence-electron chi connectivity index (χ3n) is 3.80. The third kappa shape index (κ3) is 3.77. The van der Waals surface area contributed by atoms with Crippen molar-refractivity contribution in [2.45, 2.75) is 45.3 Å². The van der Waals surface area contributed by atoms with E-state index in [9.17, 15) is 4.39 Å². The van der Waals surface area contributed by atoms with E-state index in [0.717, 1.165) is 24.3 Å². The Morgan fingerprint density at radius 2 is 2.05 bits per heavy atom. The van der Waals surface area contributed by atoms with Crippen LogP contribution in [0.3, 0.4) is 0 Å². The van der Waals surface area contributed by atoms with E-state index in [4.69, 9.17) is 15.9 Å². The van der Waals surface area contributed by atoms with Crippen molar-refractivity contribution in [2.75, 3.05) is 0 Å². The van der Waals surface area contributed by atoms with Gasteiger partial charge in [0.25, 0.3) is 0 Å². The lowest BCUT2D eigenvalue weighted by Gasteiger charge is -2.26. The lowest BCUT2D eigenvalue weighted by molar-refractivity contribution is 0.00869. The number of ether oxygens (including phenoxy) is 1. The smallest absolute Gasteiger partial charge is 0.123 e. The van der Waals surface area contributed by atoms with Crippen LogP contribution in [0.4, 0.5) is 4.39 Å². The molecule has 1 aliphatic carbocycles. The molecule has 1 aliphatic rings. The van der Waals surface area contributed by atoms with E-state index in [0.29, 0.717) is 12.2 Å². The maximum Gasteiger partial charge on any atom is 0.123 e. The Balaban J connectivity index is 1.97. The summed E-state index contributed by atoms with van der Waals surface area (Å²) < 4.78 is 19.0. The Labute approximate surface area is 113 Å². The summed E-state index contributed by atoms with van der Waals surface area (Å²) in [5, 5.41) is 7.48. The molecule has 0 unspecified atom stereocenters. The van der Waals surface area contributed by atoms with Gasteiger partial charge in [-0.15, -0.1) is 0 Å². The van der Waals surface area contributed by atoms with Gasteiger partial charge in [-0.25, -0.2) is 4.39 Å². The number of halogens is 1. The Morgan fingerprint density at radius 1 is 1.37 bits per heavy atom. The number of rotatable bonds is 4. The lowest BCUT2D eigenvalue weighted by atomic mass is 9.89. The summed E-state index contributed by atoms with van der Waals surface area (Å²) in [5.74, 6) is 0.300. The molecule has 0 amide bonds. The quantitative estimate of drug-likeness (QED) is 0.648. The molecule has 2 rings (SSSR count). The molecule has 1 aromatic rings. The molecule has 0 saturated heterocycles. The summed E-state index contributed by atoms with van der Waals surface area (Å²) in [6.07, 6.45) is 4.85. The zero-order valence-corrected chi connectivity index (χ0v) is 11.3. The number of benzene rings is 1. The highest BCUT2D eigenvalue weighted by atomic mass is 19.1. The number of amidine groups is 1. The van der Waals surface area contributed by atoms with Crippen LogP contribution in [-0.4, -0.2) is 11.9 Å². The molecule has 3 nitrogen and oxygen atoms in total. The number of nitrogens with two attached hydrogens (primary N) is 1. The van der Waals surface area contributed by atoms with Gasteiger partial charge in [0.1, 0.15) is 11.7 Å². The van der Waals surface area contributed by atoms with Gasteiger partial charge in [0.05, 0.1) is 12.7 Å². The number of nitrogens with one attached hydrogen (secondary N) is 1. The van der Waals surface area contributed by atoms with Crippen molar-refractivity contribution in [3.05, 3.63) is 35.1 Å². The molecule has 0 radical (unpaired) electrons. The summed E-state index contributed by atoms with van der Waals surface area (Å²) in [5.41, 5.74) is 6.69. The van der Waals surface area contributed by atoms with Crippen LogP contribution >= 0.6 is 0 Å². The third-order valence-corrected chi connectivity index (χ3v) is 3.80. The second kappa shape index (κ2) is 6.15. The maximum atomic E-state index is 13.2. The van der Waals surface area contributed by atoms with Gasteiger partial charge in [-0.3, -0.25) is 5.41 Å². The van der Waals surface area contributed by atoms with Crippen LogP contribution in [0.5, 0.6) is 0 Å². The second-order valence-electron chi connectivity index (χ2n) is 5.41. The molecular weight excluding hydrogens is 243 g/mol. The fourth-order valence-electron chi connectivity index (χ4n) is 2.53. The van der Waals surface area contributed by atoms with Crippen LogP contribution in [0.15, 0.2) is 18.2 Å². The first-order valence-corrected chi connectivity index (χ1v) is 6.80. The van der Waals surface area contributed by atoms with Crippen molar-refractivity contribution in [1.82, 2.24) is 0 Å². The normalized spacial score (nSPS) is 23.3. The summed E-state index contributed by atoms with van der Waals surface area (Å²) in [4.78, 5) is 0. The van der Waals surface area contributed by atoms with Crippen LogP contribution < -0.4 is 5.73 Å². The van der Waals surface area contributed by atoms with Gasteiger partial charge in [0, 0.05) is 5.56 Å². The molecule has 104 valence electrons. The summed E-state index contributed by atoms with van der Waals surface area (Å²) in [6, 6.07) is 4.33. The summed E-state index contributed by atoms with van der Waals surface area (Å²) in [6.45, 7) is 2.66. The van der Waals surface area contributed by atoms with Crippen LogP contribution in [0.2, 0.25) is 0 Å². The highest BCUT2D eigenvalue weighted by Crippen LogP contribution is 2.26. The first-order chi connectivity index (χ1) is 9.06. The van der Waals surface area contributed by atoms with Crippen molar-refractivity contribution < 1.29 is 9.13 Å². The van der Waals surface area contributed by atoms with Crippen LogP contribution in [0.25, 0.3) is 0 Å². The minimum Gasteiger partial charge on any atom is -0.384 e. The molecular formula is C15H21FN2O. The molecule has 1 fully saturated rings. The van der Waals surface area contributed by atoms with E-state index in [1.165, 1.54) is 25.0 Å². The van der Waals surface area contributed by atoms with Gasteiger partial charge >= 0.3 is 0 Å². The maximum absolute atomic E-state index is 13.2. The summed E-state index contributed by atoms with van der Waals surface area (Å²) >= 11 is 0. The molecule has 0 bridgehead atoms. The van der Waals surface area contributed by atoms with E-state index in [1.54, 1.807) is 6.07 Å². The molecule has 3 N–H and O–H groups in total. The molecule has 0 aromatic heterocycles. The van der Waals surface area contributed by atoms with Crippen molar-refractivity contribution in [2.24, 2.45) is 11.7 Å². The SMILES string of the molecule is CC1CCC(OCc2ccc(F)cc2C(=N)N)CC1. The standard InChI is InChI=1S/C15H21FN2O/c1-10-2-6-13(7-3-10)19-9-11-4-5-12(16)8-14(11)15(17)18/h4-5,8,10,13H,2-3,6-7,9H2,1H3,(H3,17,18). The van der Waals surface area contributed by atoms with Crippen molar-refractivity contribution in [1.29, 1.82) is 5.41 Å². The number of hydrogen-bond donors (Lipinski definition) is 2. The Kier molecular flexibility index (Phi) is 4.53. The highest BCUT2D eigenvalue weighted by Gasteiger charge is 2.19. The predicted octanol–water partition coefficient (Wildman–Crippen LogP) is 3.21. The molecule has 19 heavy (non-hydrogen) atoms. The average Bonchev–Trinajstić information content (AvgIpc) is 2.39.